The normalized spacial score (nSPS) is 21.6. The van der Waals surface area contributed by atoms with Crippen LogP contribution in [0.2, 0.25) is 0 Å². The molecule has 0 bridgehead atoms. The van der Waals surface area contributed by atoms with Crippen molar-refractivity contribution in [3.63, 3.8) is 0 Å². The van der Waals surface area contributed by atoms with Crippen LogP contribution in [0.5, 0.6) is 11.5 Å². The van der Waals surface area contributed by atoms with E-state index in [2.05, 4.69) is 0 Å². The number of methoxy groups -OCH3 is 1. The van der Waals surface area contributed by atoms with E-state index < -0.39 is 17.8 Å². The van der Waals surface area contributed by atoms with Crippen LogP contribution in [0, 0.1) is 11.7 Å². The van der Waals surface area contributed by atoms with Crippen molar-refractivity contribution in [1.29, 1.82) is 0 Å². The minimum atomic E-state index is -0.630. The quantitative estimate of drug-likeness (QED) is 0.594. The van der Waals surface area contributed by atoms with Gasteiger partial charge >= 0.3 is 5.97 Å². The van der Waals surface area contributed by atoms with E-state index in [0.29, 0.717) is 17.9 Å². The Hall–Kier alpha value is -2.57. The van der Waals surface area contributed by atoms with Gasteiger partial charge in [0.25, 0.3) is 0 Å². The molecular weight excluding hydrogens is 353 g/mol. The minimum absolute atomic E-state index is 0.0242. The van der Waals surface area contributed by atoms with Gasteiger partial charge in [-0.2, -0.15) is 0 Å². The zero-order valence-electron chi connectivity index (χ0n) is 16.0. The fraction of sp³-hybridized carbons (Fsp3) is 0.500. The van der Waals surface area contributed by atoms with E-state index >= 15 is 0 Å². The molecule has 0 saturated carbocycles. The van der Waals surface area contributed by atoms with Gasteiger partial charge in [0.2, 0.25) is 0 Å². The van der Waals surface area contributed by atoms with Crippen molar-refractivity contribution >= 4 is 11.8 Å². The van der Waals surface area contributed by atoms with Crippen LogP contribution in [0.4, 0.5) is 4.39 Å². The third-order valence-corrected chi connectivity index (χ3v) is 5.02. The van der Waals surface area contributed by atoms with E-state index in [-0.39, 0.29) is 42.1 Å². The standard InChI is InChI=1S/C20H24FNO5/c1-5-26-20(24)13-9-22-15(7-17(13)23)12-6-14(21)19(25-4)8-18(12)27-10-16(22)11(2)3/h6,8-9,11,15-16H,5,7,10H2,1-4H3. The summed E-state index contributed by atoms with van der Waals surface area (Å²) in [6.45, 7) is 6.30. The highest BCUT2D eigenvalue weighted by Gasteiger charge is 2.40. The maximum atomic E-state index is 14.4. The summed E-state index contributed by atoms with van der Waals surface area (Å²) in [6, 6.07) is 2.36. The highest BCUT2D eigenvalue weighted by Crippen LogP contribution is 2.43. The Morgan fingerprint density at radius 1 is 1.41 bits per heavy atom. The molecule has 6 nitrogen and oxygen atoms in total. The summed E-state index contributed by atoms with van der Waals surface area (Å²) < 4.78 is 30.4. The number of benzene rings is 1. The summed E-state index contributed by atoms with van der Waals surface area (Å²) in [7, 11) is 1.39. The predicted octanol–water partition coefficient (Wildman–Crippen LogP) is 3.01. The van der Waals surface area contributed by atoms with Gasteiger partial charge < -0.3 is 19.1 Å². The second-order valence-electron chi connectivity index (χ2n) is 7.00. The maximum Gasteiger partial charge on any atom is 0.343 e. The van der Waals surface area contributed by atoms with Crippen molar-refractivity contribution < 1.29 is 28.2 Å². The molecule has 146 valence electrons. The molecule has 0 N–H and O–H groups in total. The number of rotatable bonds is 4. The highest BCUT2D eigenvalue weighted by molar-refractivity contribution is 6.17. The number of esters is 1. The molecule has 2 aliphatic heterocycles. The van der Waals surface area contributed by atoms with Gasteiger partial charge in [0.15, 0.2) is 17.3 Å². The van der Waals surface area contributed by atoms with Crippen molar-refractivity contribution in [2.24, 2.45) is 5.92 Å². The number of halogens is 1. The Morgan fingerprint density at radius 3 is 2.78 bits per heavy atom. The topological polar surface area (TPSA) is 65.1 Å². The molecule has 7 heteroatoms. The van der Waals surface area contributed by atoms with E-state index in [4.69, 9.17) is 14.2 Å². The van der Waals surface area contributed by atoms with Crippen molar-refractivity contribution in [2.75, 3.05) is 20.3 Å². The molecule has 0 amide bonds. The zero-order chi connectivity index (χ0) is 19.7. The first-order valence-corrected chi connectivity index (χ1v) is 9.07. The Morgan fingerprint density at radius 2 is 2.15 bits per heavy atom. The van der Waals surface area contributed by atoms with Crippen LogP contribution in [0.15, 0.2) is 23.9 Å². The second kappa shape index (κ2) is 7.58. The lowest BCUT2D eigenvalue weighted by Gasteiger charge is -2.39. The molecule has 0 radical (unpaired) electrons. The van der Waals surface area contributed by atoms with E-state index in [9.17, 15) is 14.0 Å². The summed E-state index contributed by atoms with van der Waals surface area (Å²) in [4.78, 5) is 26.7. The summed E-state index contributed by atoms with van der Waals surface area (Å²) in [5.74, 6) is -0.701. The molecule has 1 aromatic carbocycles. The van der Waals surface area contributed by atoms with Gasteiger partial charge in [-0.05, 0) is 18.9 Å². The fourth-order valence-corrected chi connectivity index (χ4v) is 3.56. The van der Waals surface area contributed by atoms with Crippen LogP contribution in [0.1, 0.15) is 38.8 Å². The van der Waals surface area contributed by atoms with Crippen LogP contribution < -0.4 is 9.47 Å². The molecule has 2 unspecified atom stereocenters. The number of Topliss-reactive ketones (excluding diaryl/α,β-unsaturated/α-hetero) is 1. The summed E-state index contributed by atoms with van der Waals surface area (Å²) >= 11 is 0. The number of ketones is 1. The molecule has 2 atom stereocenters. The largest absolute Gasteiger partial charge is 0.494 e. The van der Waals surface area contributed by atoms with Gasteiger partial charge in [0.1, 0.15) is 17.9 Å². The zero-order valence-corrected chi connectivity index (χ0v) is 16.0. The number of fused-ring (bicyclic) bond motifs is 3. The Balaban J connectivity index is 2.10. The number of ether oxygens (including phenoxy) is 3. The van der Waals surface area contributed by atoms with E-state index in [1.165, 1.54) is 19.2 Å². The molecule has 2 heterocycles. The van der Waals surface area contributed by atoms with E-state index in [1.54, 1.807) is 13.1 Å². The molecule has 3 rings (SSSR count). The lowest BCUT2D eigenvalue weighted by Crippen LogP contribution is -2.44. The summed E-state index contributed by atoms with van der Waals surface area (Å²) in [5, 5.41) is 0. The van der Waals surface area contributed by atoms with Crippen LogP contribution in [0.25, 0.3) is 0 Å². The number of carbonyl (C=O) groups excluding carboxylic acids is 2. The molecule has 27 heavy (non-hydrogen) atoms. The number of hydrogen-bond donors (Lipinski definition) is 0. The summed E-state index contributed by atoms with van der Waals surface area (Å²) in [6.07, 6.45) is 1.61. The van der Waals surface area contributed by atoms with Crippen molar-refractivity contribution in [3.8, 4) is 11.5 Å². The lowest BCUT2D eigenvalue weighted by atomic mass is 9.90. The van der Waals surface area contributed by atoms with E-state index in [1.807, 2.05) is 18.7 Å². The van der Waals surface area contributed by atoms with Gasteiger partial charge in [0.05, 0.1) is 25.8 Å². The van der Waals surface area contributed by atoms with Gasteiger partial charge in [-0.3, -0.25) is 4.79 Å². The Bertz CT molecular complexity index is 789. The predicted molar refractivity (Wildman–Crippen MR) is 96.0 cm³/mol. The van der Waals surface area contributed by atoms with Crippen LogP contribution >= 0.6 is 0 Å². The van der Waals surface area contributed by atoms with Gasteiger partial charge in [0, 0.05) is 24.3 Å². The first kappa shape index (κ1) is 19.2. The molecule has 2 aliphatic rings. The number of nitrogens with zero attached hydrogens (tertiary/aromatic N) is 1. The Kier molecular flexibility index (Phi) is 5.39. The molecule has 0 fully saturated rings. The van der Waals surface area contributed by atoms with Crippen LogP contribution in [0.3, 0.4) is 0 Å². The van der Waals surface area contributed by atoms with Crippen molar-refractivity contribution in [3.05, 3.63) is 35.3 Å². The molecule has 0 spiro atoms. The van der Waals surface area contributed by atoms with Crippen molar-refractivity contribution in [2.45, 2.75) is 39.3 Å². The van der Waals surface area contributed by atoms with E-state index in [0.717, 1.165) is 0 Å². The lowest BCUT2D eigenvalue weighted by molar-refractivity contribution is -0.140. The number of carbonyl (C=O) groups is 2. The van der Waals surface area contributed by atoms with Crippen LogP contribution in [-0.2, 0) is 14.3 Å². The van der Waals surface area contributed by atoms with Gasteiger partial charge in [-0.15, -0.1) is 0 Å². The first-order valence-electron chi connectivity index (χ1n) is 9.07. The maximum absolute atomic E-state index is 14.4. The molecule has 0 aliphatic carbocycles. The monoisotopic (exact) mass is 377 g/mol. The smallest absolute Gasteiger partial charge is 0.343 e. The first-order chi connectivity index (χ1) is 12.9. The molecule has 0 saturated heterocycles. The number of hydrogen-bond acceptors (Lipinski definition) is 6. The average Bonchev–Trinajstić information content (AvgIpc) is 2.77. The third-order valence-electron chi connectivity index (χ3n) is 5.02. The SMILES string of the molecule is CCOC(=O)C1=CN2C(CC1=O)c1cc(F)c(OC)cc1OCC2C(C)C. The third kappa shape index (κ3) is 3.50. The second-order valence-corrected chi connectivity index (χ2v) is 7.00. The van der Waals surface area contributed by atoms with Gasteiger partial charge in [-0.1, -0.05) is 13.8 Å². The van der Waals surface area contributed by atoms with Crippen LogP contribution in [-0.4, -0.2) is 43.0 Å². The minimum Gasteiger partial charge on any atom is -0.494 e. The highest BCUT2D eigenvalue weighted by atomic mass is 19.1. The Labute approximate surface area is 157 Å². The molecule has 0 aromatic heterocycles. The average molecular weight is 377 g/mol. The van der Waals surface area contributed by atoms with Gasteiger partial charge in [-0.25, -0.2) is 9.18 Å². The molecular formula is C20H24FNO5. The van der Waals surface area contributed by atoms with Crippen molar-refractivity contribution in [1.82, 2.24) is 4.90 Å². The molecule has 1 aromatic rings. The fourth-order valence-electron chi connectivity index (χ4n) is 3.56. The summed E-state index contributed by atoms with van der Waals surface area (Å²) in [5.41, 5.74) is 0.597.